The van der Waals surface area contributed by atoms with Crippen molar-refractivity contribution in [3.63, 3.8) is 0 Å². The van der Waals surface area contributed by atoms with E-state index >= 15 is 0 Å². The molecular weight excluding hydrogens is 590 g/mol. The van der Waals surface area contributed by atoms with Crippen molar-refractivity contribution < 1.29 is 32.3 Å². The number of esters is 1. The maximum absolute atomic E-state index is 14.3. The Labute approximate surface area is 253 Å². The van der Waals surface area contributed by atoms with Crippen LogP contribution in [0.1, 0.15) is 19.5 Å². The van der Waals surface area contributed by atoms with Crippen molar-refractivity contribution in [2.24, 2.45) is 0 Å². The molecule has 0 bridgehead atoms. The fourth-order valence-corrected chi connectivity index (χ4v) is 9.33. The average molecular weight is 620 g/mol. The first kappa shape index (κ1) is 28.8. The Balaban J connectivity index is 1.44. The predicted octanol–water partition coefficient (Wildman–Crippen LogP) is 3.50. The van der Waals surface area contributed by atoms with Gasteiger partial charge in [0.05, 0.1) is 28.0 Å². The topological polar surface area (TPSA) is 124 Å². The van der Waals surface area contributed by atoms with Crippen molar-refractivity contribution in [2.75, 3.05) is 13.7 Å². The zero-order valence-electron chi connectivity index (χ0n) is 23.6. The highest BCUT2D eigenvalue weighted by Crippen LogP contribution is 2.62. The maximum atomic E-state index is 14.3. The number of benzene rings is 3. The highest BCUT2D eigenvalue weighted by atomic mass is 32.2. The number of β-lactam (4-membered cyclic amide) rings is 1. The van der Waals surface area contributed by atoms with Crippen molar-refractivity contribution in [3.8, 4) is 5.75 Å². The molecule has 0 spiro atoms. The molecule has 0 unspecified atom stereocenters. The number of ether oxygens (including phenoxy) is 2. The lowest BCUT2D eigenvalue weighted by Gasteiger charge is -2.50. The number of fused-ring (bicyclic) bond motifs is 2. The summed E-state index contributed by atoms with van der Waals surface area (Å²) in [4.78, 5) is 42.1. The minimum absolute atomic E-state index is 0.0242. The third kappa shape index (κ3) is 4.30. The van der Waals surface area contributed by atoms with Gasteiger partial charge >= 0.3 is 5.97 Å². The summed E-state index contributed by atoms with van der Waals surface area (Å²) in [5, 5.41) is 2.63. The smallest absolute Gasteiger partial charge is 0.339 e. The summed E-state index contributed by atoms with van der Waals surface area (Å²) in [5.74, 6) is -1.31. The van der Waals surface area contributed by atoms with Crippen LogP contribution in [0.25, 0.3) is 10.9 Å². The molecule has 0 radical (unpaired) electrons. The number of rotatable bonds is 8. The summed E-state index contributed by atoms with van der Waals surface area (Å²) in [6, 6.07) is 24.3. The second-order valence-electron chi connectivity index (χ2n) is 10.7. The van der Waals surface area contributed by atoms with E-state index in [0.29, 0.717) is 16.7 Å². The van der Waals surface area contributed by atoms with E-state index in [-0.39, 0.29) is 17.2 Å². The Morgan fingerprint density at radius 2 is 1.58 bits per heavy atom. The van der Waals surface area contributed by atoms with E-state index in [9.17, 15) is 22.8 Å². The molecule has 4 aromatic rings. The summed E-state index contributed by atoms with van der Waals surface area (Å²) in [6.45, 7) is 3.24. The van der Waals surface area contributed by atoms with Crippen LogP contribution in [0.4, 0.5) is 0 Å². The molecule has 1 aromatic heterocycles. The molecule has 0 saturated carbocycles. The zero-order valence-corrected chi connectivity index (χ0v) is 25.2. The fraction of sp³-hybridized carbons (Fsp3) is 0.258. The SMILES string of the molecule is COC(=O)[C@]1(c2cc3ccccc3n2S(=O)(=O)c2ccccc2)N2C(=O)[C@@H](NC(=O)COc3ccccc3)[C@H]2SC1(C)C. The number of aromatic nitrogens is 1. The monoisotopic (exact) mass is 619 g/mol. The lowest BCUT2D eigenvalue weighted by atomic mass is 9.78. The molecule has 0 aliphatic carbocycles. The van der Waals surface area contributed by atoms with Gasteiger partial charge in [0.2, 0.25) is 0 Å². The van der Waals surface area contributed by atoms with Crippen LogP contribution >= 0.6 is 11.8 Å². The lowest BCUT2D eigenvalue weighted by Crippen LogP contribution is -2.74. The molecule has 3 heterocycles. The number of methoxy groups -OCH3 is 1. The minimum atomic E-state index is -4.25. The Morgan fingerprint density at radius 1 is 0.953 bits per heavy atom. The fourth-order valence-electron chi connectivity index (χ4n) is 6.00. The normalized spacial score (nSPS) is 22.5. The second kappa shape index (κ2) is 10.5. The summed E-state index contributed by atoms with van der Waals surface area (Å²) in [7, 11) is -3.04. The third-order valence-electron chi connectivity index (χ3n) is 7.92. The minimum Gasteiger partial charge on any atom is -0.484 e. The summed E-state index contributed by atoms with van der Waals surface area (Å²) in [6.07, 6.45) is 0. The standard InChI is InChI=1S/C31H29N3O7S2/c1-30(2)31(29(37)40-3,33-27(36)26(28(33)42-30)32-25(35)19-41-21-13-6-4-7-14-21)24-18-20-12-10-11-17-23(20)34(24)43(38,39)22-15-8-5-9-16-22/h4-18,26,28H,19H2,1-3H3,(H,32,35)/t26-,28-,31+/m1/s1. The van der Waals surface area contributed by atoms with Crippen LogP contribution < -0.4 is 10.1 Å². The third-order valence-corrected chi connectivity index (χ3v) is 11.3. The molecule has 2 fully saturated rings. The van der Waals surface area contributed by atoms with Crippen molar-refractivity contribution in [1.29, 1.82) is 0 Å². The van der Waals surface area contributed by atoms with Gasteiger partial charge in [0.25, 0.3) is 21.8 Å². The Hall–Kier alpha value is -4.29. The Kier molecular flexibility index (Phi) is 7.01. The van der Waals surface area contributed by atoms with Gasteiger partial charge in [0.15, 0.2) is 12.1 Å². The second-order valence-corrected chi connectivity index (χ2v) is 14.3. The molecule has 2 saturated heterocycles. The van der Waals surface area contributed by atoms with Gasteiger partial charge in [0.1, 0.15) is 17.2 Å². The summed E-state index contributed by atoms with van der Waals surface area (Å²) >= 11 is 1.30. The summed E-state index contributed by atoms with van der Waals surface area (Å²) in [5.41, 5.74) is -1.42. The van der Waals surface area contributed by atoms with E-state index < -0.39 is 49.5 Å². The average Bonchev–Trinajstić information content (AvgIpc) is 3.51. The van der Waals surface area contributed by atoms with Crippen molar-refractivity contribution >= 4 is 50.5 Å². The number of hydrogen-bond donors (Lipinski definition) is 1. The number of para-hydroxylation sites is 2. The molecule has 12 heteroatoms. The van der Waals surface area contributed by atoms with Gasteiger partial charge in [0, 0.05) is 5.39 Å². The molecule has 2 aliphatic rings. The van der Waals surface area contributed by atoms with Gasteiger partial charge in [-0.1, -0.05) is 54.6 Å². The Bertz CT molecular complexity index is 1840. The van der Waals surface area contributed by atoms with Crippen molar-refractivity contribution in [1.82, 2.24) is 14.2 Å². The number of amides is 2. The first-order chi connectivity index (χ1) is 20.5. The van der Waals surface area contributed by atoms with E-state index in [0.717, 1.165) is 3.97 Å². The van der Waals surface area contributed by atoms with Crippen LogP contribution in [0, 0.1) is 0 Å². The summed E-state index contributed by atoms with van der Waals surface area (Å²) < 4.78 is 39.5. The molecule has 222 valence electrons. The highest BCUT2D eigenvalue weighted by Gasteiger charge is 2.75. The van der Waals surface area contributed by atoms with Gasteiger partial charge in [-0.05, 0) is 50.2 Å². The number of carbonyl (C=O) groups is 3. The van der Waals surface area contributed by atoms with Gasteiger partial charge in [-0.25, -0.2) is 17.2 Å². The molecule has 2 amide bonds. The Morgan fingerprint density at radius 3 is 2.26 bits per heavy atom. The van der Waals surface area contributed by atoms with Crippen molar-refractivity contribution in [3.05, 3.63) is 96.7 Å². The van der Waals surface area contributed by atoms with Crippen molar-refractivity contribution in [2.45, 2.75) is 40.4 Å². The van der Waals surface area contributed by atoms with E-state index in [1.54, 1.807) is 86.6 Å². The van der Waals surface area contributed by atoms with Gasteiger partial charge in [-0.3, -0.25) is 9.59 Å². The highest BCUT2D eigenvalue weighted by molar-refractivity contribution is 8.01. The molecule has 6 rings (SSSR count). The first-order valence-electron chi connectivity index (χ1n) is 13.5. The first-order valence-corrected chi connectivity index (χ1v) is 15.8. The quantitative estimate of drug-likeness (QED) is 0.235. The molecule has 2 aliphatic heterocycles. The van der Waals surface area contributed by atoms with E-state index in [1.165, 1.54) is 35.9 Å². The van der Waals surface area contributed by atoms with Crippen LogP contribution in [0.15, 0.2) is 95.9 Å². The molecule has 3 aromatic carbocycles. The molecule has 3 atom stereocenters. The maximum Gasteiger partial charge on any atom is 0.339 e. The number of thioether (sulfide) groups is 1. The molecule has 10 nitrogen and oxygen atoms in total. The largest absolute Gasteiger partial charge is 0.484 e. The van der Waals surface area contributed by atoms with Crippen LogP contribution in [0.2, 0.25) is 0 Å². The predicted molar refractivity (Wildman–Crippen MR) is 161 cm³/mol. The van der Waals surface area contributed by atoms with Crippen LogP contribution in [-0.4, -0.2) is 65.0 Å². The number of carbonyl (C=O) groups excluding carboxylic acids is 3. The molecule has 1 N–H and O–H groups in total. The molecular formula is C31H29N3O7S2. The van der Waals surface area contributed by atoms with Gasteiger partial charge < -0.3 is 19.7 Å². The van der Waals surface area contributed by atoms with E-state index in [1.807, 2.05) is 6.07 Å². The number of hydrogen-bond acceptors (Lipinski definition) is 8. The molecule has 43 heavy (non-hydrogen) atoms. The van der Waals surface area contributed by atoms with Gasteiger partial charge in [-0.15, -0.1) is 11.8 Å². The van der Waals surface area contributed by atoms with Gasteiger partial charge in [-0.2, -0.15) is 0 Å². The van der Waals surface area contributed by atoms with Crippen LogP contribution in [0.3, 0.4) is 0 Å². The zero-order chi connectivity index (χ0) is 30.6. The van der Waals surface area contributed by atoms with Crippen LogP contribution in [-0.2, 0) is 34.7 Å². The van der Waals surface area contributed by atoms with E-state index in [2.05, 4.69) is 5.32 Å². The lowest BCUT2D eigenvalue weighted by molar-refractivity contribution is -0.175. The van der Waals surface area contributed by atoms with E-state index in [4.69, 9.17) is 9.47 Å². The number of nitrogens with zero attached hydrogens (tertiary/aromatic N) is 2. The number of nitrogens with one attached hydrogen (secondary N) is 1. The van der Waals surface area contributed by atoms with Crippen LogP contribution in [0.5, 0.6) is 5.75 Å².